The second-order valence-corrected chi connectivity index (χ2v) is 4.54. The van der Waals surface area contributed by atoms with Crippen molar-refractivity contribution in [1.29, 1.82) is 0 Å². The van der Waals surface area contributed by atoms with E-state index in [-0.39, 0.29) is 17.6 Å². The Hall–Kier alpha value is -1.82. The van der Waals surface area contributed by atoms with Gasteiger partial charge in [0.15, 0.2) is 5.76 Å². The van der Waals surface area contributed by atoms with Crippen molar-refractivity contribution in [2.24, 2.45) is 0 Å². The Balaban J connectivity index is 2.32. The molecule has 0 spiro atoms. The van der Waals surface area contributed by atoms with E-state index in [1.165, 1.54) is 13.2 Å². The van der Waals surface area contributed by atoms with E-state index in [0.29, 0.717) is 19.6 Å². The van der Waals surface area contributed by atoms with Crippen LogP contribution in [-0.2, 0) is 4.79 Å². The number of carbonyl (C=O) groups excluding carboxylic acids is 2. The predicted molar refractivity (Wildman–Crippen MR) is 71.8 cm³/mol. The van der Waals surface area contributed by atoms with Crippen LogP contribution in [0.1, 0.15) is 17.5 Å². The average molecular weight is 267 g/mol. The first kappa shape index (κ1) is 15.2. The van der Waals surface area contributed by atoms with Crippen LogP contribution in [0.25, 0.3) is 0 Å². The molecule has 1 heterocycles. The summed E-state index contributed by atoms with van der Waals surface area (Å²) < 4.78 is 4.98. The van der Waals surface area contributed by atoms with Crippen molar-refractivity contribution in [3.8, 4) is 0 Å². The molecule has 0 saturated carbocycles. The quantitative estimate of drug-likeness (QED) is 0.777. The smallest absolute Gasteiger partial charge is 0.287 e. The predicted octanol–water partition coefficient (Wildman–Crippen LogP) is 0.419. The third kappa shape index (κ3) is 5.56. The molecule has 0 atom stereocenters. The van der Waals surface area contributed by atoms with Crippen LogP contribution in [0.3, 0.4) is 0 Å². The molecule has 106 valence electrons. The molecule has 0 radical (unpaired) electrons. The van der Waals surface area contributed by atoms with Gasteiger partial charge in [-0.3, -0.25) is 9.59 Å². The van der Waals surface area contributed by atoms with Gasteiger partial charge >= 0.3 is 0 Å². The molecule has 0 aliphatic carbocycles. The lowest BCUT2D eigenvalue weighted by molar-refractivity contribution is -0.128. The maximum Gasteiger partial charge on any atom is 0.287 e. The molecule has 1 rings (SSSR count). The minimum Gasteiger partial charge on any atom is -0.459 e. The minimum atomic E-state index is -0.263. The van der Waals surface area contributed by atoms with Crippen molar-refractivity contribution in [1.82, 2.24) is 15.1 Å². The van der Waals surface area contributed by atoms with Gasteiger partial charge < -0.3 is 19.5 Å². The molecule has 0 aliphatic heterocycles. The van der Waals surface area contributed by atoms with Crippen molar-refractivity contribution < 1.29 is 14.0 Å². The van der Waals surface area contributed by atoms with Crippen molar-refractivity contribution in [2.45, 2.75) is 6.92 Å². The largest absolute Gasteiger partial charge is 0.459 e. The van der Waals surface area contributed by atoms with Crippen LogP contribution in [0.15, 0.2) is 22.8 Å². The molecule has 1 aromatic heterocycles. The SMILES string of the molecule is CC(=O)N(CCNC(=O)c1ccco1)CCN(C)C. The Bertz CT molecular complexity index is 401. The summed E-state index contributed by atoms with van der Waals surface area (Å²) in [6, 6.07) is 3.26. The molecule has 19 heavy (non-hydrogen) atoms. The Morgan fingerprint density at radius 3 is 2.53 bits per heavy atom. The lowest BCUT2D eigenvalue weighted by atomic mass is 10.4. The van der Waals surface area contributed by atoms with E-state index in [2.05, 4.69) is 5.32 Å². The third-order valence-electron chi connectivity index (χ3n) is 2.67. The van der Waals surface area contributed by atoms with Crippen molar-refractivity contribution in [3.63, 3.8) is 0 Å². The highest BCUT2D eigenvalue weighted by atomic mass is 16.3. The van der Waals surface area contributed by atoms with E-state index < -0.39 is 0 Å². The number of carbonyl (C=O) groups is 2. The summed E-state index contributed by atoms with van der Waals surface area (Å²) in [7, 11) is 3.91. The molecule has 0 bridgehead atoms. The summed E-state index contributed by atoms with van der Waals surface area (Å²) in [6.45, 7) is 3.89. The molecule has 1 N–H and O–H groups in total. The molecule has 0 fully saturated rings. The first-order chi connectivity index (χ1) is 9.00. The van der Waals surface area contributed by atoms with Crippen LogP contribution in [0.2, 0.25) is 0 Å². The fourth-order valence-electron chi connectivity index (χ4n) is 1.55. The fourth-order valence-corrected chi connectivity index (χ4v) is 1.55. The number of hydrogen-bond donors (Lipinski definition) is 1. The van der Waals surface area contributed by atoms with Crippen molar-refractivity contribution in [2.75, 3.05) is 40.3 Å². The van der Waals surface area contributed by atoms with Crippen molar-refractivity contribution >= 4 is 11.8 Å². The van der Waals surface area contributed by atoms with Crippen LogP contribution in [-0.4, -0.2) is 61.9 Å². The Morgan fingerprint density at radius 1 is 1.26 bits per heavy atom. The van der Waals surface area contributed by atoms with Crippen LogP contribution in [0, 0.1) is 0 Å². The summed E-state index contributed by atoms with van der Waals surface area (Å²) in [4.78, 5) is 26.8. The average Bonchev–Trinajstić information content (AvgIpc) is 2.86. The molecule has 2 amide bonds. The molecular formula is C13H21N3O3. The summed E-state index contributed by atoms with van der Waals surface area (Å²) in [5, 5.41) is 2.72. The zero-order valence-corrected chi connectivity index (χ0v) is 11.7. The second-order valence-electron chi connectivity index (χ2n) is 4.54. The van der Waals surface area contributed by atoms with Gasteiger partial charge in [0.1, 0.15) is 0 Å². The maximum atomic E-state index is 11.6. The van der Waals surface area contributed by atoms with Gasteiger partial charge in [0.2, 0.25) is 5.91 Å². The number of nitrogens with zero attached hydrogens (tertiary/aromatic N) is 2. The van der Waals surface area contributed by atoms with E-state index in [1.54, 1.807) is 17.0 Å². The summed E-state index contributed by atoms with van der Waals surface area (Å²) in [6.07, 6.45) is 1.45. The van der Waals surface area contributed by atoms with Crippen LogP contribution < -0.4 is 5.32 Å². The molecule has 0 aromatic carbocycles. The van der Waals surface area contributed by atoms with Crippen LogP contribution >= 0.6 is 0 Å². The molecule has 1 aromatic rings. The first-order valence-electron chi connectivity index (χ1n) is 6.22. The second kappa shape index (κ2) is 7.58. The maximum absolute atomic E-state index is 11.6. The fraction of sp³-hybridized carbons (Fsp3) is 0.538. The summed E-state index contributed by atoms with van der Waals surface area (Å²) in [5.41, 5.74) is 0. The van der Waals surface area contributed by atoms with Gasteiger partial charge in [0, 0.05) is 33.1 Å². The highest BCUT2D eigenvalue weighted by Gasteiger charge is 2.11. The Morgan fingerprint density at radius 2 is 2.00 bits per heavy atom. The van der Waals surface area contributed by atoms with Crippen LogP contribution in [0.4, 0.5) is 0 Å². The molecule has 6 nitrogen and oxygen atoms in total. The van der Waals surface area contributed by atoms with E-state index in [9.17, 15) is 9.59 Å². The lowest BCUT2D eigenvalue weighted by Crippen LogP contribution is -2.40. The van der Waals surface area contributed by atoms with E-state index in [1.807, 2.05) is 19.0 Å². The summed E-state index contributed by atoms with van der Waals surface area (Å²) in [5.74, 6) is 0.0258. The number of rotatable bonds is 7. The van der Waals surface area contributed by atoms with Gasteiger partial charge in [-0.05, 0) is 26.2 Å². The Labute approximate surface area is 113 Å². The lowest BCUT2D eigenvalue weighted by Gasteiger charge is -2.23. The Kier molecular flexibility index (Phi) is 6.08. The highest BCUT2D eigenvalue weighted by molar-refractivity contribution is 5.91. The molecule has 0 unspecified atom stereocenters. The van der Waals surface area contributed by atoms with Crippen LogP contribution in [0.5, 0.6) is 0 Å². The number of nitrogens with one attached hydrogen (secondary N) is 1. The molecule has 0 aliphatic rings. The number of furan rings is 1. The van der Waals surface area contributed by atoms with Gasteiger partial charge in [-0.15, -0.1) is 0 Å². The van der Waals surface area contributed by atoms with Crippen molar-refractivity contribution in [3.05, 3.63) is 24.2 Å². The number of hydrogen-bond acceptors (Lipinski definition) is 4. The third-order valence-corrected chi connectivity index (χ3v) is 2.67. The van der Waals surface area contributed by atoms with E-state index >= 15 is 0 Å². The van der Waals surface area contributed by atoms with E-state index in [0.717, 1.165) is 6.54 Å². The number of likely N-dealkylation sites (N-methyl/N-ethyl adjacent to an activating group) is 1. The molecular weight excluding hydrogens is 246 g/mol. The van der Waals surface area contributed by atoms with Gasteiger partial charge in [-0.1, -0.05) is 0 Å². The minimum absolute atomic E-state index is 0.00842. The molecule has 0 saturated heterocycles. The monoisotopic (exact) mass is 267 g/mol. The van der Waals surface area contributed by atoms with Gasteiger partial charge in [-0.2, -0.15) is 0 Å². The zero-order chi connectivity index (χ0) is 14.3. The normalized spacial score (nSPS) is 10.5. The van der Waals surface area contributed by atoms with E-state index in [4.69, 9.17) is 4.42 Å². The summed E-state index contributed by atoms with van der Waals surface area (Å²) >= 11 is 0. The first-order valence-corrected chi connectivity index (χ1v) is 6.22. The number of amides is 2. The standard InChI is InChI=1S/C13H21N3O3/c1-11(17)16(9-8-15(2)3)7-6-14-13(18)12-5-4-10-19-12/h4-5,10H,6-9H2,1-3H3,(H,14,18). The topological polar surface area (TPSA) is 65.8 Å². The van der Waals surface area contributed by atoms with Gasteiger partial charge in [-0.25, -0.2) is 0 Å². The van der Waals surface area contributed by atoms with Gasteiger partial charge in [0.05, 0.1) is 6.26 Å². The molecule has 6 heteroatoms. The zero-order valence-electron chi connectivity index (χ0n) is 11.7. The highest BCUT2D eigenvalue weighted by Crippen LogP contribution is 1.98. The van der Waals surface area contributed by atoms with Gasteiger partial charge in [0.25, 0.3) is 5.91 Å².